The molecule has 0 saturated heterocycles. The van der Waals surface area contributed by atoms with Gasteiger partial charge in [-0.3, -0.25) is 4.79 Å². The molecular weight excluding hydrogens is 294 g/mol. The highest BCUT2D eigenvalue weighted by Gasteiger charge is 2.12. The van der Waals surface area contributed by atoms with Crippen molar-refractivity contribution in [1.29, 1.82) is 0 Å². The molecule has 0 saturated carbocycles. The standard InChI is InChI=1S/C14H20BrNO2/c1-9(2)16(5)13(17)8-18-12-6-10(3)14(15)11(4)7-12/h6-7,9H,8H2,1-5H3. The smallest absolute Gasteiger partial charge is 0.260 e. The van der Waals surface area contributed by atoms with Crippen LogP contribution >= 0.6 is 15.9 Å². The Morgan fingerprint density at radius 2 is 1.83 bits per heavy atom. The fourth-order valence-electron chi connectivity index (χ4n) is 1.52. The van der Waals surface area contributed by atoms with Gasteiger partial charge in [0, 0.05) is 17.6 Å². The van der Waals surface area contributed by atoms with Crippen LogP contribution in [-0.4, -0.2) is 30.5 Å². The van der Waals surface area contributed by atoms with Crippen LogP contribution in [0.2, 0.25) is 0 Å². The van der Waals surface area contributed by atoms with Gasteiger partial charge in [-0.2, -0.15) is 0 Å². The summed E-state index contributed by atoms with van der Waals surface area (Å²) in [5, 5.41) is 0. The number of hydrogen-bond acceptors (Lipinski definition) is 2. The second kappa shape index (κ2) is 6.23. The molecule has 0 aromatic heterocycles. The number of ether oxygens (including phenoxy) is 1. The van der Waals surface area contributed by atoms with Crippen molar-refractivity contribution in [1.82, 2.24) is 4.90 Å². The van der Waals surface area contributed by atoms with Crippen LogP contribution in [0.5, 0.6) is 5.75 Å². The minimum atomic E-state index is -0.0109. The average Bonchev–Trinajstić information content (AvgIpc) is 2.31. The second-order valence-electron chi connectivity index (χ2n) is 4.76. The lowest BCUT2D eigenvalue weighted by molar-refractivity contribution is -0.133. The Labute approximate surface area is 117 Å². The molecular formula is C14H20BrNO2. The first-order valence-electron chi connectivity index (χ1n) is 5.98. The van der Waals surface area contributed by atoms with Gasteiger partial charge in [0.15, 0.2) is 6.61 Å². The Morgan fingerprint density at radius 3 is 2.28 bits per heavy atom. The van der Waals surface area contributed by atoms with Crippen molar-refractivity contribution in [3.05, 3.63) is 27.7 Å². The number of rotatable bonds is 4. The van der Waals surface area contributed by atoms with Gasteiger partial charge in [0.25, 0.3) is 5.91 Å². The van der Waals surface area contributed by atoms with Gasteiger partial charge in [0.05, 0.1) is 0 Å². The molecule has 0 unspecified atom stereocenters. The zero-order valence-corrected chi connectivity index (χ0v) is 13.2. The zero-order valence-electron chi connectivity index (χ0n) is 11.6. The largest absolute Gasteiger partial charge is 0.484 e. The van der Waals surface area contributed by atoms with E-state index in [0.717, 1.165) is 21.3 Å². The molecule has 4 heteroatoms. The van der Waals surface area contributed by atoms with E-state index in [9.17, 15) is 4.79 Å². The number of halogens is 1. The Kier molecular flexibility index (Phi) is 5.20. The van der Waals surface area contributed by atoms with Crippen LogP contribution in [0.1, 0.15) is 25.0 Å². The van der Waals surface area contributed by atoms with E-state index in [1.807, 2.05) is 39.8 Å². The molecule has 100 valence electrons. The van der Waals surface area contributed by atoms with Crippen molar-refractivity contribution in [2.24, 2.45) is 0 Å². The van der Waals surface area contributed by atoms with Gasteiger partial charge in [-0.1, -0.05) is 15.9 Å². The van der Waals surface area contributed by atoms with Crippen molar-refractivity contribution in [3.63, 3.8) is 0 Å². The molecule has 0 N–H and O–H groups in total. The summed E-state index contributed by atoms with van der Waals surface area (Å²) in [6, 6.07) is 4.05. The van der Waals surface area contributed by atoms with E-state index in [4.69, 9.17) is 4.74 Å². The van der Waals surface area contributed by atoms with Gasteiger partial charge in [-0.25, -0.2) is 0 Å². The Balaban J connectivity index is 2.67. The van der Waals surface area contributed by atoms with Crippen LogP contribution in [0.3, 0.4) is 0 Å². The van der Waals surface area contributed by atoms with Crippen LogP contribution in [-0.2, 0) is 4.79 Å². The molecule has 0 bridgehead atoms. The lowest BCUT2D eigenvalue weighted by atomic mass is 10.1. The van der Waals surface area contributed by atoms with Gasteiger partial charge in [0.2, 0.25) is 0 Å². The van der Waals surface area contributed by atoms with Crippen molar-refractivity contribution < 1.29 is 9.53 Å². The lowest BCUT2D eigenvalue weighted by Gasteiger charge is -2.21. The van der Waals surface area contributed by atoms with Crippen molar-refractivity contribution in [3.8, 4) is 5.75 Å². The van der Waals surface area contributed by atoms with Crippen LogP contribution in [0.4, 0.5) is 0 Å². The lowest BCUT2D eigenvalue weighted by Crippen LogP contribution is -2.36. The highest BCUT2D eigenvalue weighted by molar-refractivity contribution is 9.10. The molecule has 1 amide bonds. The monoisotopic (exact) mass is 313 g/mol. The fourth-order valence-corrected chi connectivity index (χ4v) is 1.75. The summed E-state index contributed by atoms with van der Waals surface area (Å²) in [7, 11) is 1.79. The van der Waals surface area contributed by atoms with Crippen LogP contribution in [0.15, 0.2) is 16.6 Å². The first-order chi connectivity index (χ1) is 8.32. The van der Waals surface area contributed by atoms with Gasteiger partial charge >= 0.3 is 0 Å². The van der Waals surface area contributed by atoms with Gasteiger partial charge < -0.3 is 9.64 Å². The van der Waals surface area contributed by atoms with Crippen molar-refractivity contribution in [2.75, 3.05) is 13.7 Å². The van der Waals surface area contributed by atoms with Crippen LogP contribution in [0, 0.1) is 13.8 Å². The fraction of sp³-hybridized carbons (Fsp3) is 0.500. The highest BCUT2D eigenvalue weighted by Crippen LogP contribution is 2.26. The molecule has 1 rings (SSSR count). The molecule has 3 nitrogen and oxygen atoms in total. The maximum atomic E-state index is 11.8. The molecule has 0 spiro atoms. The number of carbonyl (C=O) groups excluding carboxylic acids is 1. The number of nitrogens with zero attached hydrogens (tertiary/aromatic N) is 1. The van der Waals surface area contributed by atoms with E-state index in [0.29, 0.717) is 0 Å². The van der Waals surface area contributed by atoms with Crippen molar-refractivity contribution in [2.45, 2.75) is 33.7 Å². The Bertz CT molecular complexity index is 420. The van der Waals surface area contributed by atoms with Crippen LogP contribution < -0.4 is 4.74 Å². The van der Waals surface area contributed by atoms with E-state index in [1.165, 1.54) is 0 Å². The molecule has 18 heavy (non-hydrogen) atoms. The summed E-state index contributed by atoms with van der Waals surface area (Å²) in [6.07, 6.45) is 0. The normalized spacial score (nSPS) is 10.6. The number of hydrogen-bond donors (Lipinski definition) is 0. The summed E-state index contributed by atoms with van der Waals surface area (Å²) in [4.78, 5) is 13.5. The Hall–Kier alpha value is -1.03. The predicted octanol–water partition coefficient (Wildman–Crippen LogP) is 3.31. The number of benzene rings is 1. The average molecular weight is 314 g/mol. The highest BCUT2D eigenvalue weighted by atomic mass is 79.9. The quantitative estimate of drug-likeness (QED) is 0.853. The maximum Gasteiger partial charge on any atom is 0.260 e. The van der Waals surface area contributed by atoms with E-state index in [2.05, 4.69) is 15.9 Å². The molecule has 1 aromatic carbocycles. The number of likely N-dealkylation sites (N-methyl/N-ethyl adjacent to an activating group) is 1. The number of aryl methyl sites for hydroxylation is 2. The molecule has 0 aliphatic heterocycles. The van der Waals surface area contributed by atoms with E-state index < -0.39 is 0 Å². The van der Waals surface area contributed by atoms with E-state index in [1.54, 1.807) is 11.9 Å². The molecule has 0 heterocycles. The first kappa shape index (κ1) is 15.0. The molecule has 0 fully saturated rings. The molecule has 0 aliphatic carbocycles. The molecule has 0 aliphatic rings. The molecule has 0 atom stereocenters. The summed E-state index contributed by atoms with van der Waals surface area (Å²) in [5.41, 5.74) is 2.21. The minimum absolute atomic E-state index is 0.0109. The van der Waals surface area contributed by atoms with Crippen molar-refractivity contribution >= 4 is 21.8 Å². The topological polar surface area (TPSA) is 29.5 Å². The first-order valence-corrected chi connectivity index (χ1v) is 6.77. The summed E-state index contributed by atoms with van der Waals surface area (Å²) in [5.74, 6) is 0.724. The van der Waals surface area contributed by atoms with Gasteiger partial charge in [0.1, 0.15) is 5.75 Å². The molecule has 1 aromatic rings. The van der Waals surface area contributed by atoms with E-state index >= 15 is 0 Å². The third-order valence-corrected chi connectivity index (χ3v) is 4.19. The van der Waals surface area contributed by atoms with Gasteiger partial charge in [-0.05, 0) is 51.0 Å². The minimum Gasteiger partial charge on any atom is -0.484 e. The van der Waals surface area contributed by atoms with E-state index in [-0.39, 0.29) is 18.6 Å². The SMILES string of the molecule is Cc1cc(OCC(=O)N(C)C(C)C)cc(C)c1Br. The maximum absolute atomic E-state index is 11.8. The molecule has 0 radical (unpaired) electrons. The Morgan fingerprint density at radius 1 is 1.33 bits per heavy atom. The summed E-state index contributed by atoms with van der Waals surface area (Å²) in [6.45, 7) is 8.05. The number of carbonyl (C=O) groups is 1. The predicted molar refractivity (Wildman–Crippen MR) is 77.0 cm³/mol. The summed E-state index contributed by atoms with van der Waals surface area (Å²) < 4.78 is 6.63. The number of amides is 1. The van der Waals surface area contributed by atoms with Gasteiger partial charge in [-0.15, -0.1) is 0 Å². The van der Waals surface area contributed by atoms with Crippen LogP contribution in [0.25, 0.3) is 0 Å². The summed E-state index contributed by atoms with van der Waals surface area (Å²) >= 11 is 3.50. The second-order valence-corrected chi connectivity index (χ2v) is 5.55. The zero-order chi connectivity index (χ0) is 13.9. The third-order valence-electron chi connectivity index (χ3n) is 2.94. The third kappa shape index (κ3) is 3.73.